The average Bonchev–Trinajstić information content (AvgIpc) is 2.88. The first-order valence-corrected chi connectivity index (χ1v) is 9.68. The Morgan fingerprint density at radius 3 is 2.85 bits per heavy atom. The van der Waals surface area contributed by atoms with E-state index in [1.54, 1.807) is 0 Å². The fraction of sp³-hybridized carbons (Fsp3) is 0.350. The number of benzene rings is 2. The maximum Gasteiger partial charge on any atom is 0.230 e. The number of nitrogens with one attached hydrogen (secondary N) is 1. The molecule has 138 valence electrons. The number of hydrogen-bond donors (Lipinski definition) is 1. The van der Waals surface area contributed by atoms with Crippen LogP contribution in [0.3, 0.4) is 0 Å². The molecule has 5 nitrogen and oxygen atoms in total. The van der Waals surface area contributed by atoms with Crippen LogP contribution >= 0.6 is 11.8 Å². The smallest absolute Gasteiger partial charge is 0.230 e. The van der Waals surface area contributed by atoms with Crippen molar-refractivity contribution in [2.75, 3.05) is 32.1 Å². The van der Waals surface area contributed by atoms with E-state index >= 15 is 0 Å². The molecular formula is C20H23NO4S. The van der Waals surface area contributed by atoms with Gasteiger partial charge in [0.25, 0.3) is 0 Å². The molecule has 0 bridgehead atoms. The van der Waals surface area contributed by atoms with Gasteiger partial charge >= 0.3 is 0 Å². The van der Waals surface area contributed by atoms with Crippen LogP contribution in [0.1, 0.15) is 12.0 Å². The average molecular weight is 373 g/mol. The van der Waals surface area contributed by atoms with E-state index in [4.69, 9.17) is 14.2 Å². The maximum absolute atomic E-state index is 12.0. The molecule has 26 heavy (non-hydrogen) atoms. The van der Waals surface area contributed by atoms with Crippen LogP contribution in [0.25, 0.3) is 0 Å². The molecule has 0 saturated heterocycles. The molecule has 1 amide bonds. The van der Waals surface area contributed by atoms with Gasteiger partial charge in [0, 0.05) is 11.3 Å². The largest absolute Gasteiger partial charge is 0.492 e. The fourth-order valence-electron chi connectivity index (χ4n) is 2.50. The summed E-state index contributed by atoms with van der Waals surface area (Å²) < 4.78 is 16.9. The summed E-state index contributed by atoms with van der Waals surface area (Å²) in [5, 5.41) is 2.87. The summed E-state index contributed by atoms with van der Waals surface area (Å²) in [7, 11) is 0. The Hall–Kier alpha value is -2.34. The normalized spacial score (nSPS) is 13.0. The molecule has 1 aliphatic heterocycles. The monoisotopic (exact) mass is 373 g/mol. The number of fused-ring (bicyclic) bond motifs is 1. The van der Waals surface area contributed by atoms with Crippen LogP contribution in [-0.2, 0) is 4.79 Å². The van der Waals surface area contributed by atoms with Gasteiger partial charge in [-0.15, -0.1) is 11.8 Å². The van der Waals surface area contributed by atoms with E-state index < -0.39 is 0 Å². The molecule has 1 heterocycles. The van der Waals surface area contributed by atoms with Crippen LogP contribution in [-0.4, -0.2) is 38.0 Å². The van der Waals surface area contributed by atoms with Gasteiger partial charge in [0.1, 0.15) is 12.4 Å². The van der Waals surface area contributed by atoms with Gasteiger partial charge in [-0.05, 0) is 42.8 Å². The molecule has 0 spiro atoms. The number of rotatable bonds is 7. The molecule has 0 atom stereocenters. The molecule has 1 N–H and O–H groups in total. The lowest BCUT2D eigenvalue weighted by molar-refractivity contribution is -0.118. The van der Waals surface area contributed by atoms with Gasteiger partial charge in [0.15, 0.2) is 11.5 Å². The third kappa shape index (κ3) is 5.59. The third-order valence-corrected chi connectivity index (χ3v) is 4.77. The van der Waals surface area contributed by atoms with Crippen LogP contribution in [0.15, 0.2) is 47.4 Å². The van der Waals surface area contributed by atoms with Crippen molar-refractivity contribution in [2.45, 2.75) is 18.2 Å². The highest BCUT2D eigenvalue weighted by molar-refractivity contribution is 8.00. The number of hydrogen-bond acceptors (Lipinski definition) is 5. The zero-order valence-corrected chi connectivity index (χ0v) is 15.6. The van der Waals surface area contributed by atoms with Gasteiger partial charge in [-0.3, -0.25) is 4.79 Å². The minimum absolute atomic E-state index is 0.0186. The minimum Gasteiger partial charge on any atom is -0.492 e. The Bertz CT molecular complexity index is 750. The van der Waals surface area contributed by atoms with Gasteiger partial charge < -0.3 is 19.5 Å². The van der Waals surface area contributed by atoms with E-state index in [1.807, 2.05) is 49.4 Å². The number of carbonyl (C=O) groups is 1. The van der Waals surface area contributed by atoms with Crippen molar-refractivity contribution in [1.29, 1.82) is 0 Å². The Morgan fingerprint density at radius 1 is 1.15 bits per heavy atom. The molecule has 0 fully saturated rings. The summed E-state index contributed by atoms with van der Waals surface area (Å²) in [6, 6.07) is 13.6. The second kappa shape index (κ2) is 9.38. The number of ether oxygens (including phenoxy) is 3. The van der Waals surface area contributed by atoms with E-state index in [9.17, 15) is 4.79 Å². The molecule has 3 rings (SSSR count). The first-order chi connectivity index (χ1) is 12.7. The van der Waals surface area contributed by atoms with E-state index in [2.05, 4.69) is 5.32 Å². The standard InChI is InChI=1S/C20H23NO4S/c1-15-4-2-5-16(12-15)23-11-8-21-20(22)14-26-17-6-7-18-19(13-17)25-10-3-9-24-18/h2,4-7,12-13H,3,8-11,14H2,1H3,(H,21,22). The number of amides is 1. The van der Waals surface area contributed by atoms with Crippen molar-refractivity contribution in [2.24, 2.45) is 0 Å². The van der Waals surface area contributed by atoms with Crippen molar-refractivity contribution in [1.82, 2.24) is 5.32 Å². The fourth-order valence-corrected chi connectivity index (χ4v) is 3.25. The Balaban J connectivity index is 1.38. The SMILES string of the molecule is Cc1cccc(OCCNC(=O)CSc2ccc3c(c2)OCCCO3)c1. The van der Waals surface area contributed by atoms with Crippen molar-refractivity contribution >= 4 is 17.7 Å². The van der Waals surface area contributed by atoms with Crippen LogP contribution in [0.5, 0.6) is 17.2 Å². The second-order valence-electron chi connectivity index (χ2n) is 5.96. The first-order valence-electron chi connectivity index (χ1n) is 8.69. The molecule has 0 aliphatic carbocycles. The van der Waals surface area contributed by atoms with Gasteiger partial charge in [-0.25, -0.2) is 0 Å². The highest BCUT2D eigenvalue weighted by atomic mass is 32.2. The van der Waals surface area contributed by atoms with E-state index in [1.165, 1.54) is 11.8 Å². The summed E-state index contributed by atoms with van der Waals surface area (Å²) in [4.78, 5) is 13.0. The van der Waals surface area contributed by atoms with E-state index in [0.29, 0.717) is 32.1 Å². The van der Waals surface area contributed by atoms with E-state index in [-0.39, 0.29) is 5.91 Å². The zero-order valence-electron chi connectivity index (χ0n) is 14.8. The van der Waals surface area contributed by atoms with Gasteiger partial charge in [0.2, 0.25) is 5.91 Å². The van der Waals surface area contributed by atoms with Crippen molar-refractivity contribution in [3.05, 3.63) is 48.0 Å². The summed E-state index contributed by atoms with van der Waals surface area (Å²) >= 11 is 1.48. The highest BCUT2D eigenvalue weighted by Gasteiger charge is 2.11. The summed E-state index contributed by atoms with van der Waals surface area (Å²) in [5.74, 6) is 2.67. The number of thioether (sulfide) groups is 1. The highest BCUT2D eigenvalue weighted by Crippen LogP contribution is 2.33. The summed E-state index contributed by atoms with van der Waals surface area (Å²) in [6.07, 6.45) is 0.879. The molecule has 0 radical (unpaired) electrons. The predicted molar refractivity (Wildman–Crippen MR) is 102 cm³/mol. The van der Waals surface area contributed by atoms with Crippen LogP contribution in [0, 0.1) is 6.92 Å². The lowest BCUT2D eigenvalue weighted by Gasteiger charge is -2.10. The minimum atomic E-state index is -0.0186. The first kappa shape index (κ1) is 18.5. The summed E-state index contributed by atoms with van der Waals surface area (Å²) in [6.45, 7) is 4.28. The topological polar surface area (TPSA) is 56.8 Å². The Kier molecular flexibility index (Phi) is 6.66. The zero-order chi connectivity index (χ0) is 18.2. The quantitative estimate of drug-likeness (QED) is 0.595. The summed E-state index contributed by atoms with van der Waals surface area (Å²) in [5.41, 5.74) is 1.15. The molecule has 0 unspecified atom stereocenters. The molecule has 0 aromatic heterocycles. The van der Waals surface area contributed by atoms with Crippen LogP contribution in [0.4, 0.5) is 0 Å². The molecule has 6 heteroatoms. The van der Waals surface area contributed by atoms with Gasteiger partial charge in [-0.2, -0.15) is 0 Å². The van der Waals surface area contributed by atoms with Gasteiger partial charge in [-0.1, -0.05) is 12.1 Å². The second-order valence-corrected chi connectivity index (χ2v) is 7.01. The number of aryl methyl sites for hydroxylation is 1. The predicted octanol–water partition coefficient (Wildman–Crippen LogP) is 3.44. The number of carbonyl (C=O) groups excluding carboxylic acids is 1. The van der Waals surface area contributed by atoms with Gasteiger partial charge in [0.05, 0.1) is 25.5 Å². The molecule has 2 aromatic rings. The van der Waals surface area contributed by atoms with Crippen molar-refractivity contribution in [3.8, 4) is 17.2 Å². The third-order valence-electron chi connectivity index (χ3n) is 3.77. The van der Waals surface area contributed by atoms with Crippen molar-refractivity contribution in [3.63, 3.8) is 0 Å². The lowest BCUT2D eigenvalue weighted by Crippen LogP contribution is -2.29. The van der Waals surface area contributed by atoms with Crippen molar-refractivity contribution < 1.29 is 19.0 Å². The Morgan fingerprint density at radius 2 is 2.00 bits per heavy atom. The molecule has 2 aromatic carbocycles. The molecule has 0 saturated carbocycles. The molecular weight excluding hydrogens is 350 g/mol. The molecule has 1 aliphatic rings. The van der Waals surface area contributed by atoms with Crippen LogP contribution in [0.2, 0.25) is 0 Å². The maximum atomic E-state index is 12.0. The van der Waals surface area contributed by atoms with Crippen LogP contribution < -0.4 is 19.5 Å². The lowest BCUT2D eigenvalue weighted by atomic mass is 10.2. The van der Waals surface area contributed by atoms with E-state index in [0.717, 1.165) is 34.1 Å². The Labute approximate surface area is 158 Å².